The van der Waals surface area contributed by atoms with Crippen LogP contribution < -0.4 is 5.32 Å². The van der Waals surface area contributed by atoms with Crippen molar-refractivity contribution in [1.29, 1.82) is 0 Å². The molecule has 7 nitrogen and oxygen atoms in total. The van der Waals surface area contributed by atoms with Crippen LogP contribution in [0.5, 0.6) is 0 Å². The fourth-order valence-corrected chi connectivity index (χ4v) is 6.64. The Balaban J connectivity index is 2.12. The van der Waals surface area contributed by atoms with Crippen molar-refractivity contribution in [1.82, 2.24) is 9.62 Å². The zero-order chi connectivity index (χ0) is 25.4. The van der Waals surface area contributed by atoms with Crippen molar-refractivity contribution in [3.05, 3.63) is 23.6 Å². The van der Waals surface area contributed by atoms with E-state index in [0.717, 1.165) is 58.0 Å². The molecule has 4 unspecified atom stereocenters. The molecule has 4 atom stereocenters. The van der Waals surface area contributed by atoms with Crippen LogP contribution in [0.2, 0.25) is 0 Å². The largest absolute Gasteiger partial charge is 0.390 e. The number of nitrogens with one attached hydrogen (secondary N) is 1. The maximum absolute atomic E-state index is 13.2. The van der Waals surface area contributed by atoms with Crippen LogP contribution in [0.15, 0.2) is 23.6 Å². The summed E-state index contributed by atoms with van der Waals surface area (Å²) in [6, 6.07) is -0.500. The van der Waals surface area contributed by atoms with Crippen LogP contribution >= 0.6 is 0 Å². The van der Waals surface area contributed by atoms with Crippen molar-refractivity contribution in [2.75, 3.05) is 19.7 Å². The van der Waals surface area contributed by atoms with Crippen LogP contribution in [0.1, 0.15) is 85.5 Å². The predicted octanol–water partition coefficient (Wildman–Crippen LogP) is 4.14. The molecule has 2 N–H and O–H groups in total. The molecular weight excluding hydrogens is 452 g/mol. The van der Waals surface area contributed by atoms with E-state index >= 15 is 0 Å². The lowest BCUT2D eigenvalue weighted by Gasteiger charge is -2.31. The third-order valence-electron chi connectivity index (χ3n) is 7.02. The molecule has 1 saturated carbocycles. The Labute approximate surface area is 207 Å². The maximum Gasteiger partial charge on any atom is 0.242 e. The first-order valence-electron chi connectivity index (χ1n) is 13.0. The molecule has 1 amide bonds. The standard InChI is InChI=1S/C26H46N2O5S/c1-6-8-9-12-23(27-25(30)22-13-15-26(17-22)14-10-16-33-26)24(29)19-28(18-20(3)4)34(31,32)21(5)11-7-2/h7,11,20,22-24,29H,5-6,8-10,12-19H2,1-4H3,(H,27,30). The lowest BCUT2D eigenvalue weighted by atomic mass is 9.96. The van der Waals surface area contributed by atoms with Crippen molar-refractivity contribution in [2.24, 2.45) is 11.8 Å². The first kappa shape index (κ1) is 29.0. The molecule has 2 rings (SSSR count). The summed E-state index contributed by atoms with van der Waals surface area (Å²) in [5, 5.41) is 14.3. The highest BCUT2D eigenvalue weighted by atomic mass is 32.2. The molecule has 1 aliphatic carbocycles. The van der Waals surface area contributed by atoms with E-state index in [0.29, 0.717) is 6.42 Å². The first-order valence-corrected chi connectivity index (χ1v) is 14.4. The van der Waals surface area contributed by atoms with E-state index in [-0.39, 0.29) is 41.3 Å². The third-order valence-corrected chi connectivity index (χ3v) is 8.79. The molecule has 0 aromatic rings. The van der Waals surface area contributed by atoms with E-state index < -0.39 is 22.2 Å². The summed E-state index contributed by atoms with van der Waals surface area (Å²) in [7, 11) is -3.81. The van der Waals surface area contributed by atoms with Gasteiger partial charge in [0.2, 0.25) is 15.9 Å². The van der Waals surface area contributed by atoms with Gasteiger partial charge in [0.1, 0.15) is 0 Å². The lowest BCUT2D eigenvalue weighted by molar-refractivity contribution is -0.127. The zero-order valence-electron chi connectivity index (χ0n) is 21.6. The number of carbonyl (C=O) groups is 1. The summed E-state index contributed by atoms with van der Waals surface area (Å²) in [4.78, 5) is 13.2. The normalized spacial score (nSPS) is 25.0. The van der Waals surface area contributed by atoms with Crippen LogP contribution in [0.3, 0.4) is 0 Å². The third kappa shape index (κ3) is 7.90. The second kappa shape index (κ2) is 13.2. The van der Waals surface area contributed by atoms with Crippen LogP contribution in [-0.2, 0) is 19.6 Å². The van der Waals surface area contributed by atoms with Gasteiger partial charge in [0.25, 0.3) is 0 Å². The average Bonchev–Trinajstić information content (AvgIpc) is 3.42. The number of aliphatic hydroxyl groups excluding tert-OH is 1. The monoisotopic (exact) mass is 498 g/mol. The van der Waals surface area contributed by atoms with Gasteiger partial charge in [-0.25, -0.2) is 8.42 Å². The Bertz CT molecular complexity index is 802. The molecule has 0 radical (unpaired) electrons. The number of hydrogen-bond acceptors (Lipinski definition) is 5. The molecule has 2 fully saturated rings. The smallest absolute Gasteiger partial charge is 0.242 e. The molecule has 1 aliphatic heterocycles. The van der Waals surface area contributed by atoms with Gasteiger partial charge in [0.15, 0.2) is 0 Å². The molecule has 1 saturated heterocycles. The summed E-state index contributed by atoms with van der Waals surface area (Å²) in [5.41, 5.74) is -0.145. The molecule has 0 aromatic heterocycles. The highest BCUT2D eigenvalue weighted by Gasteiger charge is 2.45. The predicted molar refractivity (Wildman–Crippen MR) is 137 cm³/mol. The van der Waals surface area contributed by atoms with Gasteiger partial charge in [-0.2, -0.15) is 4.31 Å². The zero-order valence-corrected chi connectivity index (χ0v) is 22.4. The molecule has 34 heavy (non-hydrogen) atoms. The van der Waals surface area contributed by atoms with Crippen LogP contribution in [-0.4, -0.2) is 61.2 Å². The van der Waals surface area contributed by atoms with Gasteiger partial charge in [0, 0.05) is 25.6 Å². The molecule has 2 aliphatic rings. The fraction of sp³-hybridized carbons (Fsp3) is 0.808. The molecule has 0 aromatic carbocycles. The van der Waals surface area contributed by atoms with Gasteiger partial charge < -0.3 is 15.2 Å². The second-order valence-electron chi connectivity index (χ2n) is 10.4. The number of nitrogens with zero attached hydrogens (tertiary/aromatic N) is 1. The molecular formula is C26H46N2O5S. The van der Waals surface area contributed by atoms with E-state index in [1.54, 1.807) is 13.0 Å². The van der Waals surface area contributed by atoms with E-state index in [9.17, 15) is 18.3 Å². The van der Waals surface area contributed by atoms with Crippen molar-refractivity contribution in [2.45, 2.75) is 103 Å². The summed E-state index contributed by atoms with van der Waals surface area (Å²) in [6.45, 7) is 12.4. The Morgan fingerprint density at radius 3 is 2.62 bits per heavy atom. The second-order valence-corrected chi connectivity index (χ2v) is 12.4. The minimum absolute atomic E-state index is 0.00207. The number of aliphatic hydroxyl groups is 1. The maximum atomic E-state index is 13.2. The van der Waals surface area contributed by atoms with Gasteiger partial charge >= 0.3 is 0 Å². The molecule has 1 heterocycles. The van der Waals surface area contributed by atoms with Gasteiger partial charge in [-0.1, -0.05) is 52.7 Å². The number of carbonyl (C=O) groups excluding carboxylic acids is 1. The number of amides is 1. The highest BCUT2D eigenvalue weighted by Crippen LogP contribution is 2.44. The molecule has 1 spiro atoms. The van der Waals surface area contributed by atoms with Crippen molar-refractivity contribution in [3.8, 4) is 0 Å². The van der Waals surface area contributed by atoms with E-state index in [1.165, 1.54) is 10.4 Å². The van der Waals surface area contributed by atoms with E-state index in [2.05, 4.69) is 18.8 Å². The number of ether oxygens (including phenoxy) is 1. The topological polar surface area (TPSA) is 95.9 Å². The lowest BCUT2D eigenvalue weighted by Crippen LogP contribution is -2.51. The van der Waals surface area contributed by atoms with Crippen LogP contribution in [0.25, 0.3) is 0 Å². The fourth-order valence-electron chi connectivity index (χ4n) is 5.15. The van der Waals surface area contributed by atoms with Crippen LogP contribution in [0, 0.1) is 11.8 Å². The highest BCUT2D eigenvalue weighted by molar-refractivity contribution is 7.93. The minimum Gasteiger partial charge on any atom is -0.390 e. The SMILES string of the molecule is C=C(C=CC)S(=O)(=O)N(CC(C)C)CC(O)C(CCCCC)NC(=O)C1CCC2(CCCO2)C1. The number of allylic oxidation sites excluding steroid dienone is 2. The molecule has 196 valence electrons. The summed E-state index contributed by atoms with van der Waals surface area (Å²) in [6.07, 6.45) is 10.1. The number of sulfonamides is 1. The van der Waals surface area contributed by atoms with E-state index in [4.69, 9.17) is 4.74 Å². The summed E-state index contributed by atoms with van der Waals surface area (Å²) in [5.74, 6) is -0.0944. The van der Waals surface area contributed by atoms with Gasteiger partial charge in [-0.3, -0.25) is 4.79 Å². The number of unbranched alkanes of at least 4 members (excludes halogenated alkanes) is 2. The Morgan fingerprint density at radius 2 is 2.03 bits per heavy atom. The quantitative estimate of drug-likeness (QED) is 0.277. The minimum atomic E-state index is -3.81. The first-order chi connectivity index (χ1) is 16.0. The Hall–Kier alpha value is -1.22. The van der Waals surface area contributed by atoms with Crippen molar-refractivity contribution < 1.29 is 23.1 Å². The Kier molecular flexibility index (Phi) is 11.3. The number of rotatable bonds is 14. The molecule has 0 bridgehead atoms. The van der Waals surface area contributed by atoms with Crippen molar-refractivity contribution in [3.63, 3.8) is 0 Å². The summed E-state index contributed by atoms with van der Waals surface area (Å²) >= 11 is 0. The Morgan fingerprint density at radius 1 is 1.29 bits per heavy atom. The summed E-state index contributed by atoms with van der Waals surface area (Å²) < 4.78 is 33.5. The average molecular weight is 499 g/mol. The van der Waals surface area contributed by atoms with Crippen molar-refractivity contribution >= 4 is 15.9 Å². The van der Waals surface area contributed by atoms with E-state index in [1.807, 2.05) is 13.8 Å². The van der Waals surface area contributed by atoms with Crippen LogP contribution in [0.4, 0.5) is 0 Å². The van der Waals surface area contributed by atoms with Gasteiger partial charge in [-0.15, -0.1) is 0 Å². The molecule has 8 heteroatoms. The number of hydrogen-bond donors (Lipinski definition) is 2. The van der Waals surface area contributed by atoms with Gasteiger partial charge in [0.05, 0.1) is 22.7 Å². The van der Waals surface area contributed by atoms with Gasteiger partial charge in [-0.05, 0) is 57.4 Å².